The van der Waals surface area contributed by atoms with Gasteiger partial charge in [-0.3, -0.25) is 14.5 Å². The van der Waals surface area contributed by atoms with E-state index in [1.54, 1.807) is 30.3 Å². The first-order valence-electron chi connectivity index (χ1n) is 10.3. The molecule has 5 rings (SSSR count). The van der Waals surface area contributed by atoms with Gasteiger partial charge in [-0.2, -0.15) is 5.26 Å². The Morgan fingerprint density at radius 3 is 2.70 bits per heavy atom. The predicted molar refractivity (Wildman–Crippen MR) is 124 cm³/mol. The third-order valence-corrected chi connectivity index (χ3v) is 6.62. The van der Waals surface area contributed by atoms with Gasteiger partial charge < -0.3 is 14.0 Å². The smallest absolute Gasteiger partial charge is 0.293 e. The number of rotatable bonds is 4. The number of carbonyl (C=O) groups is 2. The molecule has 0 spiro atoms. The van der Waals surface area contributed by atoms with Crippen LogP contribution in [0.15, 0.2) is 53.4 Å². The number of thioether (sulfide) groups is 1. The molecule has 3 aromatic rings. The molecule has 2 aliphatic heterocycles. The van der Waals surface area contributed by atoms with E-state index in [2.05, 4.69) is 10.6 Å². The first kappa shape index (κ1) is 20.9. The van der Waals surface area contributed by atoms with Crippen LogP contribution >= 0.6 is 11.8 Å². The zero-order chi connectivity index (χ0) is 23.1. The van der Waals surface area contributed by atoms with Crippen molar-refractivity contribution < 1.29 is 19.1 Å². The fourth-order valence-corrected chi connectivity index (χ4v) is 4.90. The lowest BCUT2D eigenvalue weighted by Gasteiger charge is -2.13. The van der Waals surface area contributed by atoms with Gasteiger partial charge in [0.25, 0.3) is 11.1 Å². The van der Waals surface area contributed by atoms with Crippen molar-refractivity contribution in [3.05, 3.63) is 81.5 Å². The molecule has 2 aromatic carbocycles. The fraction of sp³-hybridized carbons (Fsp3) is 0.160. The summed E-state index contributed by atoms with van der Waals surface area (Å²) in [7, 11) is 0. The fourth-order valence-electron chi connectivity index (χ4n) is 4.07. The van der Waals surface area contributed by atoms with Gasteiger partial charge in [-0.25, -0.2) is 0 Å². The summed E-state index contributed by atoms with van der Waals surface area (Å²) in [5.41, 5.74) is 4.80. The summed E-state index contributed by atoms with van der Waals surface area (Å²) < 4.78 is 13.0. The summed E-state index contributed by atoms with van der Waals surface area (Å²) in [4.78, 5) is 27.2. The molecule has 3 heterocycles. The van der Waals surface area contributed by atoms with Crippen molar-refractivity contribution in [2.45, 2.75) is 20.4 Å². The van der Waals surface area contributed by atoms with Gasteiger partial charge in [0.2, 0.25) is 6.79 Å². The molecule has 0 radical (unpaired) electrons. The van der Waals surface area contributed by atoms with Crippen molar-refractivity contribution in [3.63, 3.8) is 0 Å². The van der Waals surface area contributed by atoms with Gasteiger partial charge in [-0.1, -0.05) is 18.2 Å². The van der Waals surface area contributed by atoms with Gasteiger partial charge in [0, 0.05) is 23.1 Å². The van der Waals surface area contributed by atoms with Crippen LogP contribution in [-0.2, 0) is 11.3 Å². The largest absolute Gasteiger partial charge is 0.454 e. The Morgan fingerprint density at radius 1 is 1.09 bits per heavy atom. The van der Waals surface area contributed by atoms with E-state index in [9.17, 15) is 14.9 Å². The molecule has 0 atom stereocenters. The molecule has 33 heavy (non-hydrogen) atoms. The second kappa shape index (κ2) is 8.19. The number of carbonyl (C=O) groups excluding carboxylic acids is 2. The Kier molecular flexibility index (Phi) is 5.19. The van der Waals surface area contributed by atoms with Gasteiger partial charge in [0.15, 0.2) is 11.5 Å². The van der Waals surface area contributed by atoms with Crippen LogP contribution in [0, 0.1) is 25.2 Å². The van der Waals surface area contributed by atoms with Crippen molar-refractivity contribution in [3.8, 4) is 23.3 Å². The van der Waals surface area contributed by atoms with Crippen molar-refractivity contribution in [1.29, 1.82) is 5.26 Å². The highest BCUT2D eigenvalue weighted by Gasteiger charge is 2.35. The predicted octanol–water partition coefficient (Wildman–Crippen LogP) is 4.93. The number of ether oxygens (including phenoxy) is 2. The molecule has 1 aromatic heterocycles. The average molecular weight is 458 g/mol. The van der Waals surface area contributed by atoms with E-state index in [1.807, 2.05) is 38.1 Å². The van der Waals surface area contributed by atoms with E-state index < -0.39 is 0 Å². The lowest BCUT2D eigenvalue weighted by molar-refractivity contribution is -0.123. The van der Waals surface area contributed by atoms with E-state index in [-0.39, 0.29) is 24.5 Å². The normalized spacial score (nSPS) is 16.0. The Balaban J connectivity index is 1.44. The van der Waals surface area contributed by atoms with E-state index in [1.165, 1.54) is 4.90 Å². The maximum Gasteiger partial charge on any atom is 0.293 e. The molecular weight excluding hydrogens is 438 g/mol. The SMILES string of the molecule is Cc1cc(/C=C2/SC(=O)N(Cc3ccccc3C#N)C2=O)c(C)n1-c1ccc2c(c1)OCO2. The number of nitriles is 1. The second-order valence-electron chi connectivity index (χ2n) is 7.74. The van der Waals surface area contributed by atoms with Crippen LogP contribution in [0.2, 0.25) is 0 Å². The van der Waals surface area contributed by atoms with E-state index in [4.69, 9.17) is 9.47 Å². The molecule has 0 saturated carbocycles. The number of amides is 2. The van der Waals surface area contributed by atoms with Crippen molar-refractivity contribution in [2.75, 3.05) is 6.79 Å². The molecule has 1 saturated heterocycles. The molecule has 0 bridgehead atoms. The average Bonchev–Trinajstić information content (AvgIpc) is 3.46. The second-order valence-corrected chi connectivity index (χ2v) is 8.73. The zero-order valence-electron chi connectivity index (χ0n) is 18.0. The van der Waals surface area contributed by atoms with Gasteiger partial charge >= 0.3 is 0 Å². The number of benzene rings is 2. The van der Waals surface area contributed by atoms with Crippen LogP contribution in [0.4, 0.5) is 4.79 Å². The molecule has 1 fully saturated rings. The maximum atomic E-state index is 13.0. The minimum absolute atomic E-state index is 0.0714. The molecular formula is C25H19N3O4S. The number of hydrogen-bond donors (Lipinski definition) is 0. The minimum Gasteiger partial charge on any atom is -0.454 e. The summed E-state index contributed by atoms with van der Waals surface area (Å²) in [6, 6.07) is 16.8. The first-order valence-corrected chi connectivity index (χ1v) is 11.1. The highest BCUT2D eigenvalue weighted by Crippen LogP contribution is 2.37. The summed E-state index contributed by atoms with van der Waals surface area (Å²) in [6.07, 6.45) is 1.76. The van der Waals surface area contributed by atoms with E-state index >= 15 is 0 Å². The Labute approximate surface area is 194 Å². The van der Waals surface area contributed by atoms with Crippen LogP contribution in [0.25, 0.3) is 11.8 Å². The summed E-state index contributed by atoms with van der Waals surface area (Å²) in [6.45, 7) is 4.24. The standard InChI is InChI=1S/C25H19N3O4S/c1-15-9-19(16(2)28(15)20-7-8-21-22(11-20)32-14-31-21)10-23-24(29)27(25(30)33-23)13-18-6-4-3-5-17(18)12-26/h3-11H,13-14H2,1-2H3/b23-10+. The summed E-state index contributed by atoms with van der Waals surface area (Å²) >= 11 is 0.915. The third kappa shape index (κ3) is 3.66. The van der Waals surface area contributed by atoms with E-state index in [0.29, 0.717) is 27.5 Å². The molecule has 2 amide bonds. The molecule has 7 nitrogen and oxygen atoms in total. The molecule has 0 unspecified atom stereocenters. The first-order chi connectivity index (χ1) is 16.0. The Morgan fingerprint density at radius 2 is 1.88 bits per heavy atom. The highest BCUT2D eigenvalue weighted by atomic mass is 32.2. The molecule has 0 aliphatic carbocycles. The van der Waals surface area contributed by atoms with Crippen LogP contribution in [0.5, 0.6) is 11.5 Å². The van der Waals surface area contributed by atoms with Crippen LogP contribution in [0.3, 0.4) is 0 Å². The van der Waals surface area contributed by atoms with Gasteiger partial charge in [-0.05, 0) is 67.1 Å². The highest BCUT2D eigenvalue weighted by molar-refractivity contribution is 8.18. The Hall–Kier alpha value is -3.96. The quantitative estimate of drug-likeness (QED) is 0.517. The van der Waals surface area contributed by atoms with Gasteiger partial charge in [0.1, 0.15) is 0 Å². The number of fused-ring (bicyclic) bond motifs is 1. The number of hydrogen-bond acceptors (Lipinski definition) is 6. The zero-order valence-corrected chi connectivity index (χ0v) is 18.8. The third-order valence-electron chi connectivity index (χ3n) is 5.71. The molecule has 0 N–H and O–H groups in total. The molecule has 8 heteroatoms. The topological polar surface area (TPSA) is 84.6 Å². The number of aromatic nitrogens is 1. The van der Waals surface area contributed by atoms with Crippen LogP contribution < -0.4 is 9.47 Å². The maximum absolute atomic E-state index is 13.0. The summed E-state index contributed by atoms with van der Waals surface area (Å²) in [5.74, 6) is 1.05. The van der Waals surface area contributed by atoms with Crippen LogP contribution in [0.1, 0.15) is 28.1 Å². The molecule has 164 valence electrons. The molecule has 2 aliphatic rings. The lowest BCUT2D eigenvalue weighted by atomic mass is 10.1. The minimum atomic E-state index is -0.356. The van der Waals surface area contributed by atoms with Crippen molar-refractivity contribution >= 4 is 29.0 Å². The van der Waals surface area contributed by atoms with E-state index in [0.717, 1.165) is 34.4 Å². The number of nitrogens with zero attached hydrogens (tertiary/aromatic N) is 3. The Bertz CT molecular complexity index is 1380. The van der Waals surface area contributed by atoms with Gasteiger partial charge in [0.05, 0.1) is 23.1 Å². The number of imide groups is 1. The van der Waals surface area contributed by atoms with Crippen molar-refractivity contribution in [2.24, 2.45) is 0 Å². The summed E-state index contributed by atoms with van der Waals surface area (Å²) in [5, 5.41) is 8.96. The number of aryl methyl sites for hydroxylation is 1. The van der Waals surface area contributed by atoms with Crippen LogP contribution in [-0.4, -0.2) is 27.4 Å². The van der Waals surface area contributed by atoms with Crippen molar-refractivity contribution in [1.82, 2.24) is 9.47 Å². The van der Waals surface area contributed by atoms with Gasteiger partial charge in [-0.15, -0.1) is 0 Å². The lowest BCUT2D eigenvalue weighted by Crippen LogP contribution is -2.27. The monoisotopic (exact) mass is 457 g/mol.